The van der Waals surface area contributed by atoms with Gasteiger partial charge in [0.25, 0.3) is 0 Å². The fourth-order valence-corrected chi connectivity index (χ4v) is 2.74. The number of carboxylic acid groups (broad SMARTS) is 1. The summed E-state index contributed by atoms with van der Waals surface area (Å²) in [5.41, 5.74) is 1.82. The molecule has 0 spiro atoms. The zero-order valence-corrected chi connectivity index (χ0v) is 14.7. The number of aliphatic carboxylic acids is 1. The van der Waals surface area contributed by atoms with Crippen LogP contribution in [0.15, 0.2) is 51.7 Å². The monoisotopic (exact) mass is 390 g/mol. The Labute approximate surface area is 157 Å². The van der Waals surface area contributed by atoms with Gasteiger partial charge in [-0.2, -0.15) is 0 Å². The predicted octanol–water partition coefficient (Wildman–Crippen LogP) is 2.70. The third kappa shape index (κ3) is 4.68. The Balaban J connectivity index is 1.68. The fraction of sp³-hybridized carbons (Fsp3) is 0.167. The standard InChI is InChI=1S/C18H15ClN2O6/c19-12-8-13-15(27-18(25)20-13)7-11(12)6-14(16(22)23)21-17(24)26-9-10-4-2-1-3-5-10/h1-5,7-8,14H,6,9H2,(H,20,25)(H,21,24)(H,22,23)/t14-/m1/s1. The van der Waals surface area contributed by atoms with E-state index in [1.165, 1.54) is 12.1 Å². The molecule has 3 N–H and O–H groups in total. The average Bonchev–Trinajstić information content (AvgIpc) is 2.99. The van der Waals surface area contributed by atoms with E-state index < -0.39 is 23.9 Å². The van der Waals surface area contributed by atoms with E-state index in [2.05, 4.69) is 10.3 Å². The molecule has 0 aliphatic rings. The van der Waals surface area contributed by atoms with Crippen LogP contribution in [0.5, 0.6) is 0 Å². The maximum Gasteiger partial charge on any atom is 0.417 e. The Kier molecular flexibility index (Phi) is 5.46. The number of aromatic nitrogens is 1. The topological polar surface area (TPSA) is 122 Å². The van der Waals surface area contributed by atoms with Gasteiger partial charge in [0.1, 0.15) is 12.6 Å². The van der Waals surface area contributed by atoms with Gasteiger partial charge in [-0.15, -0.1) is 0 Å². The van der Waals surface area contributed by atoms with Crippen LogP contribution < -0.4 is 11.1 Å². The third-order valence-corrected chi connectivity index (χ3v) is 4.17. The number of fused-ring (bicyclic) bond motifs is 1. The van der Waals surface area contributed by atoms with Crippen molar-refractivity contribution in [1.29, 1.82) is 0 Å². The number of alkyl carbamates (subject to hydrolysis) is 1. The molecule has 27 heavy (non-hydrogen) atoms. The van der Waals surface area contributed by atoms with Crippen LogP contribution in [0.1, 0.15) is 11.1 Å². The minimum absolute atomic E-state index is 0.0141. The number of oxazole rings is 1. The quantitative estimate of drug-likeness (QED) is 0.595. The lowest BCUT2D eigenvalue weighted by atomic mass is 10.1. The van der Waals surface area contributed by atoms with Crippen molar-refractivity contribution < 1.29 is 23.8 Å². The first-order chi connectivity index (χ1) is 12.9. The first-order valence-electron chi connectivity index (χ1n) is 7.93. The number of amides is 1. The van der Waals surface area contributed by atoms with Gasteiger partial charge in [0.15, 0.2) is 5.58 Å². The number of rotatable bonds is 6. The maximum atomic E-state index is 11.9. The number of aromatic amines is 1. The van der Waals surface area contributed by atoms with E-state index in [1.54, 1.807) is 24.3 Å². The number of benzene rings is 2. The summed E-state index contributed by atoms with van der Waals surface area (Å²) in [7, 11) is 0. The highest BCUT2D eigenvalue weighted by Gasteiger charge is 2.23. The molecule has 8 nitrogen and oxygen atoms in total. The van der Waals surface area contributed by atoms with Gasteiger partial charge in [0.05, 0.1) is 5.52 Å². The van der Waals surface area contributed by atoms with E-state index in [1.807, 2.05) is 6.07 Å². The fourth-order valence-electron chi connectivity index (χ4n) is 2.50. The molecule has 0 unspecified atom stereocenters. The molecule has 3 aromatic rings. The molecule has 0 aliphatic carbocycles. The van der Waals surface area contributed by atoms with Crippen molar-refractivity contribution >= 4 is 34.8 Å². The van der Waals surface area contributed by atoms with Gasteiger partial charge in [-0.1, -0.05) is 41.9 Å². The molecule has 0 fully saturated rings. The molecule has 0 radical (unpaired) electrons. The van der Waals surface area contributed by atoms with Crippen molar-refractivity contribution in [2.45, 2.75) is 19.1 Å². The van der Waals surface area contributed by atoms with Crippen LogP contribution in [-0.4, -0.2) is 28.2 Å². The molecule has 9 heteroatoms. The molecule has 0 bridgehead atoms. The second-order valence-electron chi connectivity index (χ2n) is 5.76. The van der Waals surface area contributed by atoms with Crippen LogP contribution in [0.2, 0.25) is 5.02 Å². The van der Waals surface area contributed by atoms with E-state index in [0.717, 1.165) is 5.56 Å². The lowest BCUT2D eigenvalue weighted by molar-refractivity contribution is -0.139. The second-order valence-corrected chi connectivity index (χ2v) is 6.16. The smallest absolute Gasteiger partial charge is 0.417 e. The summed E-state index contributed by atoms with van der Waals surface area (Å²) in [6.07, 6.45) is -0.976. The highest BCUT2D eigenvalue weighted by Crippen LogP contribution is 2.23. The summed E-state index contributed by atoms with van der Waals surface area (Å²) < 4.78 is 9.98. The minimum Gasteiger partial charge on any atom is -0.480 e. The van der Waals surface area contributed by atoms with Gasteiger partial charge in [-0.25, -0.2) is 14.4 Å². The molecule has 1 atom stereocenters. The molecular formula is C18H15ClN2O6. The van der Waals surface area contributed by atoms with Crippen molar-refractivity contribution in [2.75, 3.05) is 0 Å². The van der Waals surface area contributed by atoms with Gasteiger partial charge < -0.3 is 19.6 Å². The zero-order chi connectivity index (χ0) is 19.4. The normalized spacial score (nSPS) is 11.9. The Morgan fingerprint density at radius 3 is 2.70 bits per heavy atom. The number of carbonyl (C=O) groups excluding carboxylic acids is 1. The molecule has 0 saturated carbocycles. The number of ether oxygens (including phenoxy) is 1. The van der Waals surface area contributed by atoms with E-state index >= 15 is 0 Å². The summed E-state index contributed by atoms with van der Waals surface area (Å²) in [6, 6.07) is 10.6. The van der Waals surface area contributed by atoms with E-state index in [0.29, 0.717) is 11.1 Å². The van der Waals surface area contributed by atoms with Crippen molar-refractivity contribution in [3.05, 3.63) is 69.2 Å². The summed E-state index contributed by atoms with van der Waals surface area (Å²) in [5, 5.41) is 11.9. The SMILES string of the molecule is O=C(N[C@H](Cc1cc2oc(=O)[nH]c2cc1Cl)C(=O)O)OCc1ccccc1. The molecule has 3 rings (SSSR count). The Hall–Kier alpha value is -3.26. The summed E-state index contributed by atoms with van der Waals surface area (Å²) in [5.74, 6) is -1.89. The number of H-pyrrole nitrogens is 1. The van der Waals surface area contributed by atoms with Gasteiger partial charge in [0, 0.05) is 11.4 Å². The lowest BCUT2D eigenvalue weighted by Crippen LogP contribution is -2.42. The Morgan fingerprint density at radius 2 is 2.00 bits per heavy atom. The number of nitrogens with one attached hydrogen (secondary N) is 2. The molecule has 140 valence electrons. The zero-order valence-electron chi connectivity index (χ0n) is 13.9. The van der Waals surface area contributed by atoms with Crippen LogP contribution in [-0.2, 0) is 22.6 Å². The van der Waals surface area contributed by atoms with Crippen LogP contribution in [0.3, 0.4) is 0 Å². The highest BCUT2D eigenvalue weighted by molar-refractivity contribution is 6.32. The number of carboxylic acids is 1. The molecule has 0 saturated heterocycles. The summed E-state index contributed by atoms with van der Waals surface area (Å²) >= 11 is 6.14. The van der Waals surface area contributed by atoms with Gasteiger partial charge in [0.2, 0.25) is 0 Å². The van der Waals surface area contributed by atoms with Crippen molar-refractivity contribution in [3.8, 4) is 0 Å². The van der Waals surface area contributed by atoms with Crippen molar-refractivity contribution in [1.82, 2.24) is 10.3 Å². The van der Waals surface area contributed by atoms with E-state index in [9.17, 15) is 19.5 Å². The minimum atomic E-state index is -1.27. The molecule has 1 amide bonds. The van der Waals surface area contributed by atoms with Crippen LogP contribution in [0, 0.1) is 0 Å². The van der Waals surface area contributed by atoms with Crippen molar-refractivity contribution in [2.24, 2.45) is 0 Å². The highest BCUT2D eigenvalue weighted by atomic mass is 35.5. The van der Waals surface area contributed by atoms with Gasteiger partial charge in [-0.05, 0) is 23.3 Å². The molecule has 1 aromatic heterocycles. The molecular weight excluding hydrogens is 376 g/mol. The lowest BCUT2D eigenvalue weighted by Gasteiger charge is -2.15. The molecule has 2 aromatic carbocycles. The third-order valence-electron chi connectivity index (χ3n) is 3.81. The predicted molar refractivity (Wildman–Crippen MR) is 96.7 cm³/mol. The van der Waals surface area contributed by atoms with Gasteiger partial charge in [-0.3, -0.25) is 4.98 Å². The molecule has 1 heterocycles. The Morgan fingerprint density at radius 1 is 1.26 bits per heavy atom. The number of hydrogen-bond donors (Lipinski definition) is 3. The summed E-state index contributed by atoms with van der Waals surface area (Å²) in [4.78, 5) is 37.1. The maximum absolute atomic E-state index is 11.9. The summed E-state index contributed by atoms with van der Waals surface area (Å²) in [6.45, 7) is 0.0141. The van der Waals surface area contributed by atoms with Crippen molar-refractivity contribution in [3.63, 3.8) is 0 Å². The molecule has 0 aliphatic heterocycles. The van der Waals surface area contributed by atoms with Crippen LogP contribution >= 0.6 is 11.6 Å². The Bertz CT molecular complexity index is 1030. The average molecular weight is 391 g/mol. The number of halogens is 1. The number of carbonyl (C=O) groups is 2. The second kappa shape index (κ2) is 7.96. The first kappa shape index (κ1) is 18.5. The first-order valence-corrected chi connectivity index (χ1v) is 8.31. The van der Waals surface area contributed by atoms with E-state index in [4.69, 9.17) is 20.8 Å². The van der Waals surface area contributed by atoms with Gasteiger partial charge >= 0.3 is 17.8 Å². The van der Waals surface area contributed by atoms with E-state index in [-0.39, 0.29) is 23.6 Å². The van der Waals surface area contributed by atoms with Crippen LogP contribution in [0.25, 0.3) is 11.1 Å². The number of hydrogen-bond acceptors (Lipinski definition) is 5. The largest absolute Gasteiger partial charge is 0.480 e. The van der Waals surface area contributed by atoms with Crippen LogP contribution in [0.4, 0.5) is 4.79 Å².